The topological polar surface area (TPSA) is 140 Å². The lowest BCUT2D eigenvalue weighted by molar-refractivity contribution is 0.168. The number of aliphatic imine (C=N–C) groups is 1. The molecule has 0 saturated heterocycles. The summed E-state index contributed by atoms with van der Waals surface area (Å²) >= 11 is 0. The highest BCUT2D eigenvalue weighted by Crippen LogP contribution is 2.37. The average Bonchev–Trinajstić information content (AvgIpc) is 2.74. The molecule has 1 aromatic carbocycles. The van der Waals surface area contributed by atoms with Gasteiger partial charge in [-0.25, -0.2) is 19.6 Å². The Kier molecular flexibility index (Phi) is 7.48. The van der Waals surface area contributed by atoms with E-state index in [4.69, 9.17) is 20.2 Å². The smallest absolute Gasteiger partial charge is 0.412 e. The van der Waals surface area contributed by atoms with Crippen LogP contribution in [0.2, 0.25) is 0 Å². The molecule has 2 amide bonds. The molecule has 2 aromatic rings. The number of nitrogens with one attached hydrogen (secondary N) is 3. The molecular weight excluding hydrogens is 412 g/mol. The highest BCUT2D eigenvalue weighted by atomic mass is 16.6. The molecule has 10 nitrogen and oxygen atoms in total. The number of unbranched alkanes of at least 4 members (excludes halogenated alkanes) is 1. The summed E-state index contributed by atoms with van der Waals surface area (Å²) < 4.78 is 10.2. The lowest BCUT2D eigenvalue weighted by Crippen LogP contribution is -2.30. The molecule has 0 aliphatic carbocycles. The summed E-state index contributed by atoms with van der Waals surface area (Å²) in [7, 11) is 0. The number of pyridine rings is 1. The number of amides is 2. The molecular formula is C22H28N6O4. The lowest BCUT2D eigenvalue weighted by atomic mass is 10.0. The number of ether oxygens (including phenoxy) is 2. The van der Waals surface area contributed by atoms with Gasteiger partial charge in [0.2, 0.25) is 0 Å². The molecule has 0 saturated carbocycles. The Morgan fingerprint density at radius 3 is 2.62 bits per heavy atom. The quantitative estimate of drug-likeness (QED) is 0.476. The maximum atomic E-state index is 11.8. The van der Waals surface area contributed by atoms with Crippen LogP contribution in [0.5, 0.6) is 5.75 Å². The Bertz CT molecular complexity index is 1010. The fraction of sp³-hybridized carbons (Fsp3) is 0.364. The van der Waals surface area contributed by atoms with Gasteiger partial charge < -0.3 is 25.8 Å². The van der Waals surface area contributed by atoms with Crippen molar-refractivity contribution in [2.45, 2.75) is 39.7 Å². The molecule has 0 radical (unpaired) electrons. The molecule has 1 unspecified atom stereocenters. The normalized spacial score (nSPS) is 14.5. The Morgan fingerprint density at radius 1 is 1.19 bits per heavy atom. The molecule has 1 aromatic heterocycles. The monoisotopic (exact) mass is 440 g/mol. The summed E-state index contributed by atoms with van der Waals surface area (Å²) in [4.78, 5) is 32.4. The fourth-order valence-corrected chi connectivity index (χ4v) is 3.16. The third kappa shape index (κ3) is 5.65. The first-order valence-corrected chi connectivity index (χ1v) is 10.6. The van der Waals surface area contributed by atoms with Gasteiger partial charge in [-0.3, -0.25) is 5.32 Å². The second-order valence-corrected chi connectivity index (χ2v) is 7.19. The molecule has 170 valence electrons. The second kappa shape index (κ2) is 10.5. The van der Waals surface area contributed by atoms with Crippen molar-refractivity contribution in [2.75, 3.05) is 29.5 Å². The lowest BCUT2D eigenvalue weighted by Gasteiger charge is -2.25. The van der Waals surface area contributed by atoms with Crippen molar-refractivity contribution in [3.05, 3.63) is 35.9 Å². The number of nitrogen functional groups attached to an aromatic ring is 1. The molecule has 3 rings (SSSR count). The zero-order valence-electron chi connectivity index (χ0n) is 18.4. The van der Waals surface area contributed by atoms with Gasteiger partial charge in [0, 0.05) is 12.6 Å². The number of carbonyl (C=O) groups is 2. The molecule has 0 bridgehead atoms. The van der Waals surface area contributed by atoms with Crippen molar-refractivity contribution in [1.29, 1.82) is 0 Å². The van der Waals surface area contributed by atoms with E-state index in [0.29, 0.717) is 23.7 Å². The number of benzene rings is 1. The number of aromatic nitrogens is 1. The van der Waals surface area contributed by atoms with Crippen LogP contribution in [0.3, 0.4) is 0 Å². The number of hydrogen-bond donors (Lipinski definition) is 4. The van der Waals surface area contributed by atoms with Gasteiger partial charge in [0.1, 0.15) is 17.3 Å². The zero-order chi connectivity index (χ0) is 23.1. The number of fused-ring (bicyclic) bond motifs is 1. The maximum absolute atomic E-state index is 11.8. The standard InChI is InChI=1S/C22H28N6O4/c1-4-6-11-24-21(29)32-15-9-7-14(8-10-15)18-13(3)25-16-12-17(27-22(30)31-5-2)26-20(23)19(16)28-18/h7-10,12-13,25H,4-6,11H2,1-3H3,(H,24,29)(H3,23,26,27,30). The molecule has 10 heteroatoms. The molecule has 1 aliphatic rings. The Labute approximate surface area is 186 Å². The molecule has 0 fully saturated rings. The number of rotatable bonds is 7. The van der Waals surface area contributed by atoms with Crippen LogP contribution in [0.15, 0.2) is 35.3 Å². The van der Waals surface area contributed by atoms with Crippen molar-refractivity contribution >= 4 is 40.9 Å². The van der Waals surface area contributed by atoms with Crippen molar-refractivity contribution < 1.29 is 19.1 Å². The van der Waals surface area contributed by atoms with E-state index in [0.717, 1.165) is 24.1 Å². The minimum Gasteiger partial charge on any atom is -0.450 e. The van der Waals surface area contributed by atoms with E-state index < -0.39 is 12.2 Å². The number of carbonyl (C=O) groups excluding carboxylic acids is 2. The Balaban J connectivity index is 1.75. The first-order valence-electron chi connectivity index (χ1n) is 10.6. The average molecular weight is 441 g/mol. The molecule has 1 aliphatic heterocycles. The van der Waals surface area contributed by atoms with Crippen molar-refractivity contribution in [1.82, 2.24) is 10.3 Å². The summed E-state index contributed by atoms with van der Waals surface area (Å²) in [6.45, 7) is 6.57. The van der Waals surface area contributed by atoms with E-state index in [1.807, 2.05) is 19.1 Å². The van der Waals surface area contributed by atoms with Crippen LogP contribution in [-0.2, 0) is 4.74 Å². The second-order valence-electron chi connectivity index (χ2n) is 7.19. The van der Waals surface area contributed by atoms with Crippen LogP contribution >= 0.6 is 0 Å². The van der Waals surface area contributed by atoms with Crippen LogP contribution in [-0.4, -0.2) is 42.1 Å². The van der Waals surface area contributed by atoms with E-state index in [2.05, 4.69) is 27.9 Å². The van der Waals surface area contributed by atoms with Gasteiger partial charge in [0.25, 0.3) is 0 Å². The van der Waals surface area contributed by atoms with Gasteiger partial charge in [-0.05, 0) is 50.1 Å². The fourth-order valence-electron chi connectivity index (χ4n) is 3.16. The van der Waals surface area contributed by atoms with Gasteiger partial charge in [0.15, 0.2) is 5.82 Å². The van der Waals surface area contributed by atoms with Crippen molar-refractivity contribution in [3.63, 3.8) is 0 Å². The van der Waals surface area contributed by atoms with E-state index >= 15 is 0 Å². The Morgan fingerprint density at radius 2 is 1.94 bits per heavy atom. The summed E-state index contributed by atoms with van der Waals surface area (Å²) in [5, 5.41) is 8.58. The molecule has 0 spiro atoms. The Hall–Kier alpha value is -3.82. The van der Waals surface area contributed by atoms with Gasteiger partial charge in [-0.1, -0.05) is 13.3 Å². The number of nitrogens with two attached hydrogens (primary N) is 1. The molecule has 2 heterocycles. The minimum atomic E-state index is -0.603. The van der Waals surface area contributed by atoms with Gasteiger partial charge >= 0.3 is 12.2 Å². The van der Waals surface area contributed by atoms with Crippen LogP contribution in [0.4, 0.5) is 32.6 Å². The van der Waals surface area contributed by atoms with Gasteiger partial charge in [-0.15, -0.1) is 0 Å². The number of hydrogen-bond acceptors (Lipinski definition) is 8. The van der Waals surface area contributed by atoms with Gasteiger partial charge in [-0.2, -0.15) is 0 Å². The van der Waals surface area contributed by atoms with Crippen LogP contribution in [0.1, 0.15) is 39.2 Å². The minimum absolute atomic E-state index is 0.135. The highest BCUT2D eigenvalue weighted by Gasteiger charge is 2.23. The summed E-state index contributed by atoms with van der Waals surface area (Å²) in [6, 6.07) is 8.62. The van der Waals surface area contributed by atoms with E-state index in [-0.39, 0.29) is 24.3 Å². The molecule has 32 heavy (non-hydrogen) atoms. The van der Waals surface area contributed by atoms with Crippen molar-refractivity contribution in [3.8, 4) is 5.75 Å². The van der Waals surface area contributed by atoms with Gasteiger partial charge in [0.05, 0.1) is 24.0 Å². The first-order chi connectivity index (χ1) is 15.4. The zero-order valence-corrected chi connectivity index (χ0v) is 18.4. The first kappa shape index (κ1) is 22.9. The summed E-state index contributed by atoms with van der Waals surface area (Å²) in [6.07, 6.45) is 0.818. The number of anilines is 3. The maximum Gasteiger partial charge on any atom is 0.412 e. The van der Waals surface area contributed by atoms with E-state index in [1.165, 1.54) is 0 Å². The number of nitrogens with zero attached hydrogens (tertiary/aromatic N) is 2. The van der Waals surface area contributed by atoms with Crippen LogP contribution < -0.4 is 26.4 Å². The van der Waals surface area contributed by atoms with Crippen molar-refractivity contribution in [2.24, 2.45) is 4.99 Å². The third-order valence-electron chi connectivity index (χ3n) is 4.70. The summed E-state index contributed by atoms with van der Waals surface area (Å²) in [5.41, 5.74) is 8.85. The largest absolute Gasteiger partial charge is 0.450 e. The molecule has 5 N–H and O–H groups in total. The SMILES string of the molecule is CCCCNC(=O)Oc1ccc(C2=Nc3c(cc(NC(=O)OCC)nc3N)NC2C)cc1. The predicted octanol–water partition coefficient (Wildman–Crippen LogP) is 4.06. The molecule has 1 atom stereocenters. The van der Waals surface area contributed by atoms with E-state index in [9.17, 15) is 9.59 Å². The predicted molar refractivity (Wildman–Crippen MR) is 124 cm³/mol. The van der Waals surface area contributed by atoms with Crippen LogP contribution in [0, 0.1) is 0 Å². The highest BCUT2D eigenvalue weighted by molar-refractivity contribution is 6.10. The van der Waals surface area contributed by atoms with E-state index in [1.54, 1.807) is 25.1 Å². The third-order valence-corrected chi connectivity index (χ3v) is 4.70. The van der Waals surface area contributed by atoms with Crippen LogP contribution in [0.25, 0.3) is 0 Å². The summed E-state index contributed by atoms with van der Waals surface area (Å²) in [5.74, 6) is 0.891.